The number of nitrogens with zero attached hydrogens (tertiary/aromatic N) is 1. The van der Waals surface area contributed by atoms with E-state index in [0.717, 1.165) is 27.8 Å². The maximum atomic E-state index is 12.7. The molecule has 0 bridgehead atoms. The molecule has 0 spiro atoms. The normalized spacial score (nSPS) is 13.8. The first kappa shape index (κ1) is 20.8. The van der Waals surface area contributed by atoms with Crippen LogP contribution < -0.4 is 10.2 Å². The number of hydrogen-bond acceptors (Lipinski definition) is 4. The lowest BCUT2D eigenvalue weighted by Crippen LogP contribution is -2.40. The van der Waals surface area contributed by atoms with Crippen molar-refractivity contribution < 1.29 is 24.2 Å². The van der Waals surface area contributed by atoms with Gasteiger partial charge in [-0.05, 0) is 46.4 Å². The number of carbonyl (C=O) groups is 3. The van der Waals surface area contributed by atoms with E-state index in [-0.39, 0.29) is 30.5 Å². The van der Waals surface area contributed by atoms with Crippen LogP contribution in [-0.4, -0.2) is 42.8 Å². The molecule has 0 saturated heterocycles. The molecule has 3 aromatic rings. The summed E-state index contributed by atoms with van der Waals surface area (Å²) < 4.78 is 5.47. The second-order valence-electron chi connectivity index (χ2n) is 8.12. The van der Waals surface area contributed by atoms with Gasteiger partial charge in [0.2, 0.25) is 5.91 Å². The lowest BCUT2D eigenvalue weighted by molar-refractivity contribution is -0.117. The van der Waals surface area contributed by atoms with Crippen molar-refractivity contribution in [3.05, 3.63) is 89.0 Å². The molecule has 0 saturated carbocycles. The van der Waals surface area contributed by atoms with Crippen molar-refractivity contribution in [1.29, 1.82) is 0 Å². The van der Waals surface area contributed by atoms with E-state index in [2.05, 4.69) is 17.4 Å². The summed E-state index contributed by atoms with van der Waals surface area (Å²) >= 11 is 0. The maximum absolute atomic E-state index is 12.7. The first-order valence-electron chi connectivity index (χ1n) is 10.8. The molecule has 2 amide bonds. The summed E-state index contributed by atoms with van der Waals surface area (Å²) in [5, 5.41) is 11.7. The Bertz CT molecular complexity index is 1220. The molecule has 7 heteroatoms. The number of amides is 2. The summed E-state index contributed by atoms with van der Waals surface area (Å²) in [7, 11) is 0. The first-order valence-corrected chi connectivity index (χ1v) is 10.8. The number of benzene rings is 3. The van der Waals surface area contributed by atoms with Crippen LogP contribution >= 0.6 is 0 Å². The van der Waals surface area contributed by atoms with E-state index in [9.17, 15) is 19.5 Å². The molecule has 3 aromatic carbocycles. The number of carboxylic acids is 1. The summed E-state index contributed by atoms with van der Waals surface area (Å²) in [6.45, 7) is 0.388. The zero-order chi connectivity index (χ0) is 22.9. The standard InChI is InChI=1S/C26H22N2O5/c29-24(28-12-11-16-9-10-17(25(30)31)13-23(16)28)14-27-26(32)33-15-22-20-7-3-1-5-18(20)19-6-2-4-8-21(19)22/h1-10,13,22H,11-12,14-15H2,(H,27,32)(H,30,31). The summed E-state index contributed by atoms with van der Waals surface area (Å²) in [5.41, 5.74) is 6.13. The Morgan fingerprint density at radius 2 is 1.64 bits per heavy atom. The van der Waals surface area contributed by atoms with Crippen molar-refractivity contribution in [2.45, 2.75) is 12.3 Å². The molecule has 1 heterocycles. The molecule has 0 fully saturated rings. The highest BCUT2D eigenvalue weighted by molar-refractivity contribution is 5.99. The summed E-state index contributed by atoms with van der Waals surface area (Å²) in [4.78, 5) is 37.8. The highest BCUT2D eigenvalue weighted by Crippen LogP contribution is 2.44. The average molecular weight is 442 g/mol. The second-order valence-corrected chi connectivity index (χ2v) is 8.12. The average Bonchev–Trinajstić information content (AvgIpc) is 3.40. The third-order valence-electron chi connectivity index (χ3n) is 6.26. The molecular formula is C26H22N2O5. The minimum Gasteiger partial charge on any atom is -0.478 e. The van der Waals surface area contributed by atoms with E-state index in [1.807, 2.05) is 36.4 Å². The number of aromatic carboxylic acids is 1. The molecule has 0 radical (unpaired) electrons. The number of carboxylic acid groups (broad SMARTS) is 1. The van der Waals surface area contributed by atoms with Crippen molar-refractivity contribution in [2.24, 2.45) is 0 Å². The van der Waals surface area contributed by atoms with Crippen LogP contribution in [0.5, 0.6) is 0 Å². The van der Waals surface area contributed by atoms with Crippen LogP contribution in [0.15, 0.2) is 66.7 Å². The Labute approximate surface area is 190 Å². The summed E-state index contributed by atoms with van der Waals surface area (Å²) in [6.07, 6.45) is -0.0183. The first-order chi connectivity index (χ1) is 16.0. The van der Waals surface area contributed by atoms with Gasteiger partial charge in [-0.25, -0.2) is 9.59 Å². The predicted molar refractivity (Wildman–Crippen MR) is 123 cm³/mol. The number of rotatable bonds is 5. The SMILES string of the molecule is O=C(NCC(=O)N1CCc2ccc(C(=O)O)cc21)OCC1c2ccccc2-c2ccccc21. The minimum absolute atomic E-state index is 0.0567. The lowest BCUT2D eigenvalue weighted by Gasteiger charge is -2.18. The van der Waals surface area contributed by atoms with Crippen molar-refractivity contribution >= 4 is 23.7 Å². The molecule has 7 nitrogen and oxygen atoms in total. The summed E-state index contributed by atoms with van der Waals surface area (Å²) in [5.74, 6) is -1.42. The lowest BCUT2D eigenvalue weighted by atomic mass is 9.98. The Hall–Kier alpha value is -4.13. The van der Waals surface area contributed by atoms with E-state index < -0.39 is 12.1 Å². The van der Waals surface area contributed by atoms with Crippen LogP contribution in [0.3, 0.4) is 0 Å². The number of fused-ring (bicyclic) bond motifs is 4. The number of anilines is 1. The number of nitrogens with one attached hydrogen (secondary N) is 1. The highest BCUT2D eigenvalue weighted by Gasteiger charge is 2.29. The van der Waals surface area contributed by atoms with E-state index in [4.69, 9.17) is 4.74 Å². The van der Waals surface area contributed by atoms with Gasteiger partial charge in [0, 0.05) is 18.2 Å². The number of alkyl carbamates (subject to hydrolysis) is 1. The smallest absolute Gasteiger partial charge is 0.407 e. The minimum atomic E-state index is -1.05. The third-order valence-corrected chi connectivity index (χ3v) is 6.26. The van der Waals surface area contributed by atoms with Crippen molar-refractivity contribution in [1.82, 2.24) is 5.32 Å². The van der Waals surface area contributed by atoms with Crippen molar-refractivity contribution in [2.75, 3.05) is 24.6 Å². The van der Waals surface area contributed by atoms with Crippen molar-refractivity contribution in [3.63, 3.8) is 0 Å². The van der Waals surface area contributed by atoms with Gasteiger partial charge in [0.05, 0.1) is 5.56 Å². The van der Waals surface area contributed by atoms with Crippen molar-refractivity contribution in [3.8, 4) is 11.1 Å². The molecule has 0 atom stereocenters. The largest absolute Gasteiger partial charge is 0.478 e. The van der Waals surface area contributed by atoms with Crippen LogP contribution in [0.2, 0.25) is 0 Å². The highest BCUT2D eigenvalue weighted by atomic mass is 16.5. The molecule has 33 heavy (non-hydrogen) atoms. The van der Waals surface area contributed by atoms with Gasteiger partial charge in [0.15, 0.2) is 0 Å². The molecule has 2 N–H and O–H groups in total. The van der Waals surface area contributed by atoms with Crippen LogP contribution in [0.25, 0.3) is 11.1 Å². The van der Waals surface area contributed by atoms with Gasteiger partial charge in [0.1, 0.15) is 13.2 Å². The van der Waals surface area contributed by atoms with Gasteiger partial charge >= 0.3 is 12.1 Å². The molecule has 166 valence electrons. The van der Waals surface area contributed by atoms with Crippen LogP contribution in [-0.2, 0) is 16.0 Å². The monoisotopic (exact) mass is 442 g/mol. The van der Waals surface area contributed by atoms with E-state index in [0.29, 0.717) is 18.7 Å². The van der Waals surface area contributed by atoms with Gasteiger partial charge in [-0.15, -0.1) is 0 Å². The van der Waals surface area contributed by atoms with E-state index >= 15 is 0 Å². The second kappa shape index (κ2) is 8.43. The quantitative estimate of drug-likeness (QED) is 0.626. The Morgan fingerprint density at radius 1 is 0.970 bits per heavy atom. The van der Waals surface area contributed by atoms with Gasteiger partial charge in [-0.1, -0.05) is 54.6 Å². The van der Waals surface area contributed by atoms with Crippen LogP contribution in [0.1, 0.15) is 33.0 Å². The zero-order valence-electron chi connectivity index (χ0n) is 17.8. The number of carbonyl (C=O) groups excluding carboxylic acids is 2. The fraction of sp³-hybridized carbons (Fsp3) is 0.192. The predicted octanol–water partition coefficient (Wildman–Crippen LogP) is 3.81. The van der Waals surface area contributed by atoms with Gasteiger partial charge in [-0.3, -0.25) is 4.79 Å². The Morgan fingerprint density at radius 3 is 2.30 bits per heavy atom. The maximum Gasteiger partial charge on any atom is 0.407 e. The summed E-state index contributed by atoms with van der Waals surface area (Å²) in [6, 6.07) is 20.9. The molecular weight excluding hydrogens is 420 g/mol. The molecule has 1 aliphatic heterocycles. The number of hydrogen-bond donors (Lipinski definition) is 2. The number of ether oxygens (including phenoxy) is 1. The molecule has 0 aromatic heterocycles. The fourth-order valence-corrected chi connectivity index (χ4v) is 4.66. The zero-order valence-corrected chi connectivity index (χ0v) is 17.8. The van der Waals surface area contributed by atoms with Gasteiger partial charge in [-0.2, -0.15) is 0 Å². The fourth-order valence-electron chi connectivity index (χ4n) is 4.66. The van der Waals surface area contributed by atoms with E-state index in [1.54, 1.807) is 6.07 Å². The van der Waals surface area contributed by atoms with Gasteiger partial charge in [0.25, 0.3) is 0 Å². The molecule has 1 aliphatic carbocycles. The van der Waals surface area contributed by atoms with Gasteiger partial charge < -0.3 is 20.1 Å². The van der Waals surface area contributed by atoms with Crippen LogP contribution in [0.4, 0.5) is 10.5 Å². The van der Waals surface area contributed by atoms with Crippen LogP contribution in [0, 0.1) is 0 Å². The topological polar surface area (TPSA) is 95.9 Å². The molecule has 2 aliphatic rings. The Balaban J connectivity index is 1.20. The Kier molecular flexibility index (Phi) is 5.30. The van der Waals surface area contributed by atoms with E-state index in [1.165, 1.54) is 17.0 Å². The third kappa shape index (κ3) is 3.82. The molecule has 0 unspecified atom stereocenters. The molecule has 5 rings (SSSR count).